The van der Waals surface area contributed by atoms with Crippen molar-refractivity contribution in [2.45, 2.75) is 38.5 Å². The van der Waals surface area contributed by atoms with Crippen molar-refractivity contribution in [3.8, 4) is 22.0 Å². The first-order valence-corrected chi connectivity index (χ1v) is 16.3. The summed E-state index contributed by atoms with van der Waals surface area (Å²) in [6.45, 7) is 11.2. The number of morpholine rings is 1. The summed E-state index contributed by atoms with van der Waals surface area (Å²) >= 11 is 2.38. The molecule has 1 saturated heterocycles. The summed E-state index contributed by atoms with van der Waals surface area (Å²) in [5.74, 6) is 0.668. The molecular weight excluding hydrogens is 615 g/mol. The van der Waals surface area contributed by atoms with Crippen molar-refractivity contribution >= 4 is 46.6 Å². The molecule has 4 aromatic heterocycles. The summed E-state index contributed by atoms with van der Waals surface area (Å²) in [5.41, 5.74) is 2.73. The molecule has 0 unspecified atom stereocenters. The van der Waals surface area contributed by atoms with Crippen molar-refractivity contribution in [2.75, 3.05) is 41.2 Å². The lowest BCUT2D eigenvalue weighted by atomic mass is 10.2. The SMILES string of the molecule is CC.CC(C)c1nc(-c2cccc(NSc3c(F)cccc3F)n2)c(-c2ccnc(Nc3ccc(N4CCOCC4)nc3)n2)s1. The molecule has 9 nitrogen and oxygen atoms in total. The van der Waals surface area contributed by atoms with Crippen LogP contribution in [0.3, 0.4) is 0 Å². The molecule has 6 rings (SSSR count). The summed E-state index contributed by atoms with van der Waals surface area (Å²) in [7, 11) is 0. The van der Waals surface area contributed by atoms with Gasteiger partial charge in [0.25, 0.3) is 0 Å². The van der Waals surface area contributed by atoms with Gasteiger partial charge in [0.15, 0.2) is 0 Å². The van der Waals surface area contributed by atoms with E-state index in [-0.39, 0.29) is 10.8 Å². The van der Waals surface area contributed by atoms with Crippen LogP contribution in [-0.4, -0.2) is 51.2 Å². The molecule has 0 saturated carbocycles. The van der Waals surface area contributed by atoms with Crippen molar-refractivity contribution in [1.82, 2.24) is 24.9 Å². The van der Waals surface area contributed by atoms with Crippen LogP contribution in [0.25, 0.3) is 22.0 Å². The van der Waals surface area contributed by atoms with E-state index < -0.39 is 11.6 Å². The Morgan fingerprint density at radius 2 is 1.64 bits per heavy atom. The molecule has 5 aromatic rings. The molecule has 0 aliphatic carbocycles. The second kappa shape index (κ2) is 15.2. The van der Waals surface area contributed by atoms with Crippen LogP contribution in [0.4, 0.5) is 32.1 Å². The quantitative estimate of drug-likeness (QED) is 0.152. The Morgan fingerprint density at radius 3 is 2.36 bits per heavy atom. The maximum Gasteiger partial charge on any atom is 0.227 e. The van der Waals surface area contributed by atoms with Crippen LogP contribution in [0.1, 0.15) is 38.6 Å². The fourth-order valence-corrected chi connectivity index (χ4v) is 6.05. The number of rotatable bonds is 9. The molecule has 13 heteroatoms. The Kier molecular flexibility index (Phi) is 10.9. The van der Waals surface area contributed by atoms with Crippen LogP contribution in [0.15, 0.2) is 71.9 Å². The van der Waals surface area contributed by atoms with Crippen molar-refractivity contribution in [1.29, 1.82) is 0 Å². The topological polar surface area (TPSA) is 101 Å². The highest BCUT2D eigenvalue weighted by Gasteiger charge is 2.20. The number of halogens is 2. The average Bonchev–Trinajstić information content (AvgIpc) is 3.53. The van der Waals surface area contributed by atoms with E-state index >= 15 is 0 Å². The Morgan fingerprint density at radius 1 is 0.889 bits per heavy atom. The van der Waals surface area contributed by atoms with Crippen LogP contribution in [0, 0.1) is 11.6 Å². The Hall–Kier alpha value is -4.20. The van der Waals surface area contributed by atoms with Crippen LogP contribution in [-0.2, 0) is 4.74 Å². The van der Waals surface area contributed by atoms with Crippen molar-refractivity contribution < 1.29 is 13.5 Å². The molecular formula is C32H34F2N8OS2. The number of pyridine rings is 2. The van der Waals surface area contributed by atoms with Crippen molar-refractivity contribution in [3.05, 3.63) is 83.6 Å². The van der Waals surface area contributed by atoms with Gasteiger partial charge in [-0.25, -0.2) is 33.7 Å². The second-order valence-electron chi connectivity index (χ2n) is 9.94. The summed E-state index contributed by atoms with van der Waals surface area (Å²) < 4.78 is 36.6. The van der Waals surface area contributed by atoms with E-state index in [1.165, 1.54) is 18.2 Å². The van der Waals surface area contributed by atoms with Gasteiger partial charge in [0.05, 0.1) is 51.3 Å². The normalized spacial score (nSPS) is 12.9. The van der Waals surface area contributed by atoms with E-state index in [1.54, 1.807) is 29.8 Å². The fourth-order valence-electron chi connectivity index (χ4n) is 4.35. The van der Waals surface area contributed by atoms with Crippen molar-refractivity contribution in [3.63, 3.8) is 0 Å². The van der Waals surface area contributed by atoms with Crippen LogP contribution < -0.4 is 14.9 Å². The second-order valence-corrected chi connectivity index (χ2v) is 11.8. The third-order valence-corrected chi connectivity index (χ3v) is 8.82. The lowest BCUT2D eigenvalue weighted by Gasteiger charge is -2.27. The number of hydrogen-bond donors (Lipinski definition) is 2. The molecule has 0 bridgehead atoms. The predicted octanol–water partition coefficient (Wildman–Crippen LogP) is 8.18. The van der Waals surface area contributed by atoms with Gasteiger partial charge >= 0.3 is 0 Å². The van der Waals surface area contributed by atoms with Gasteiger partial charge in [-0.2, -0.15) is 0 Å². The Labute approximate surface area is 269 Å². The number of aromatic nitrogens is 5. The van der Waals surface area contributed by atoms with E-state index in [0.717, 1.165) is 46.4 Å². The smallest absolute Gasteiger partial charge is 0.227 e. The Bertz CT molecular complexity index is 1690. The van der Waals surface area contributed by atoms with Gasteiger partial charge in [0.2, 0.25) is 5.95 Å². The maximum atomic E-state index is 14.1. The number of ether oxygens (including phenoxy) is 1. The monoisotopic (exact) mass is 648 g/mol. The van der Waals surface area contributed by atoms with E-state index in [0.29, 0.717) is 42.1 Å². The third kappa shape index (κ3) is 7.91. The van der Waals surface area contributed by atoms with E-state index in [1.807, 2.05) is 44.2 Å². The van der Waals surface area contributed by atoms with E-state index in [4.69, 9.17) is 19.7 Å². The molecule has 45 heavy (non-hydrogen) atoms. The fraction of sp³-hybridized carbons (Fsp3) is 0.281. The maximum absolute atomic E-state index is 14.1. The molecule has 2 N–H and O–H groups in total. The largest absolute Gasteiger partial charge is 0.378 e. The van der Waals surface area contributed by atoms with Gasteiger partial charge in [-0.15, -0.1) is 11.3 Å². The average molecular weight is 649 g/mol. The van der Waals surface area contributed by atoms with Gasteiger partial charge < -0.3 is 19.7 Å². The van der Waals surface area contributed by atoms with Crippen LogP contribution in [0.2, 0.25) is 0 Å². The molecule has 1 aliphatic heterocycles. The minimum Gasteiger partial charge on any atom is -0.378 e. The molecule has 1 aliphatic rings. The summed E-state index contributed by atoms with van der Waals surface area (Å²) in [4.78, 5) is 26.3. The number of anilines is 4. The molecule has 234 valence electrons. The first-order chi connectivity index (χ1) is 21.9. The zero-order valence-electron chi connectivity index (χ0n) is 25.4. The third-order valence-electron chi connectivity index (χ3n) is 6.53. The Balaban J connectivity index is 0.00000196. The predicted molar refractivity (Wildman–Crippen MR) is 178 cm³/mol. The first-order valence-electron chi connectivity index (χ1n) is 14.7. The lowest BCUT2D eigenvalue weighted by molar-refractivity contribution is 0.122. The standard InChI is InChI=1S/C30H28F2N8OS2.C2H6/c1-18(2)29-38-26(22-7-4-8-24(36-22)39-43-27-20(31)5-3-6-21(27)32)28(42-29)23-11-12-33-30(37-23)35-19-9-10-25(34-17-19)40-13-15-41-16-14-40;1-2/h3-12,17-18H,13-16H2,1-2H3,(H,36,39)(H,33,35,37);1-2H3. The number of benzene rings is 1. The van der Waals surface area contributed by atoms with E-state index in [2.05, 4.69) is 38.8 Å². The number of nitrogens with zero attached hydrogens (tertiary/aromatic N) is 6. The van der Waals surface area contributed by atoms with Crippen molar-refractivity contribution in [2.24, 2.45) is 0 Å². The first kappa shape index (κ1) is 32.2. The zero-order chi connectivity index (χ0) is 31.8. The molecule has 0 atom stereocenters. The number of hydrogen-bond acceptors (Lipinski definition) is 11. The molecule has 5 heterocycles. The molecule has 1 fully saturated rings. The molecule has 1 aromatic carbocycles. The minimum atomic E-state index is -0.644. The van der Waals surface area contributed by atoms with Crippen LogP contribution >= 0.6 is 23.3 Å². The highest BCUT2D eigenvalue weighted by atomic mass is 32.2. The summed E-state index contributed by atoms with van der Waals surface area (Å²) in [6.07, 6.45) is 3.47. The number of thiazole rings is 1. The molecule has 0 amide bonds. The molecule has 0 radical (unpaired) electrons. The summed E-state index contributed by atoms with van der Waals surface area (Å²) in [5, 5.41) is 4.18. The number of nitrogens with one attached hydrogen (secondary N) is 2. The zero-order valence-corrected chi connectivity index (χ0v) is 27.1. The van der Waals surface area contributed by atoms with Gasteiger partial charge in [0.1, 0.15) is 29.0 Å². The van der Waals surface area contributed by atoms with Crippen LogP contribution in [0.5, 0.6) is 0 Å². The van der Waals surface area contributed by atoms with Gasteiger partial charge in [-0.3, -0.25) is 0 Å². The van der Waals surface area contributed by atoms with Gasteiger partial charge in [-0.05, 0) is 54.4 Å². The lowest BCUT2D eigenvalue weighted by Crippen LogP contribution is -2.36. The highest BCUT2D eigenvalue weighted by Crippen LogP contribution is 2.38. The minimum absolute atomic E-state index is 0.127. The highest BCUT2D eigenvalue weighted by molar-refractivity contribution is 8.00. The van der Waals surface area contributed by atoms with Gasteiger partial charge in [-0.1, -0.05) is 39.8 Å². The van der Waals surface area contributed by atoms with E-state index in [9.17, 15) is 8.78 Å². The molecule has 0 spiro atoms. The summed E-state index contributed by atoms with van der Waals surface area (Å²) in [6, 6.07) is 14.9. The van der Waals surface area contributed by atoms with Gasteiger partial charge in [0, 0.05) is 25.2 Å².